The maximum atomic E-state index is 13.5. The van der Waals surface area contributed by atoms with Gasteiger partial charge in [-0.3, -0.25) is 9.59 Å². The van der Waals surface area contributed by atoms with E-state index in [4.69, 9.17) is 0 Å². The van der Waals surface area contributed by atoms with Gasteiger partial charge in [0.05, 0.1) is 11.3 Å². The van der Waals surface area contributed by atoms with Gasteiger partial charge in [0.25, 0.3) is 11.8 Å². The van der Waals surface area contributed by atoms with E-state index in [2.05, 4.69) is 0 Å². The molecule has 1 aliphatic rings. The number of hydrogen-bond acceptors (Lipinski definition) is 3. The van der Waals surface area contributed by atoms with Crippen molar-refractivity contribution in [2.45, 2.75) is 20.4 Å². The predicted molar refractivity (Wildman–Crippen MR) is 120 cm³/mol. The number of halogens is 1. The zero-order chi connectivity index (χ0) is 22.1. The van der Waals surface area contributed by atoms with E-state index in [1.54, 1.807) is 0 Å². The fraction of sp³-hybridized carbons (Fsp3) is 0.154. The number of nitrogens with zero attached hydrogens (tertiary/aromatic N) is 2. The van der Waals surface area contributed by atoms with Gasteiger partial charge >= 0.3 is 0 Å². The molecule has 0 aromatic heterocycles. The minimum absolute atomic E-state index is 0.338. The molecule has 0 radical (unpaired) electrons. The number of aryl methyl sites for hydroxylation is 2. The molecule has 1 aliphatic heterocycles. The highest BCUT2D eigenvalue weighted by molar-refractivity contribution is 6.45. The van der Waals surface area contributed by atoms with Gasteiger partial charge in [-0.1, -0.05) is 54.1 Å². The van der Waals surface area contributed by atoms with E-state index in [1.165, 1.54) is 24.3 Å². The average Bonchev–Trinajstić information content (AvgIpc) is 3.00. The van der Waals surface area contributed by atoms with Gasteiger partial charge in [-0.25, -0.2) is 9.29 Å². The quantitative estimate of drug-likeness (QED) is 0.560. The average molecular weight is 414 g/mol. The van der Waals surface area contributed by atoms with Crippen LogP contribution >= 0.6 is 0 Å². The lowest BCUT2D eigenvalue weighted by Crippen LogP contribution is -2.34. The van der Waals surface area contributed by atoms with Gasteiger partial charge in [0.15, 0.2) is 0 Å². The first-order valence-electron chi connectivity index (χ1n) is 10.1. The van der Waals surface area contributed by atoms with E-state index in [1.807, 2.05) is 74.3 Å². The van der Waals surface area contributed by atoms with Gasteiger partial charge in [-0.2, -0.15) is 0 Å². The first-order valence-corrected chi connectivity index (χ1v) is 10.1. The van der Waals surface area contributed by atoms with E-state index >= 15 is 0 Å². The van der Waals surface area contributed by atoms with Crippen LogP contribution < -0.4 is 4.90 Å². The third-order valence-electron chi connectivity index (χ3n) is 5.44. The molecule has 3 aromatic rings. The number of imide groups is 1. The lowest BCUT2D eigenvalue weighted by molar-refractivity contribution is -0.120. The number of benzene rings is 3. The van der Waals surface area contributed by atoms with Crippen LogP contribution in [0.1, 0.15) is 22.3 Å². The van der Waals surface area contributed by atoms with Crippen molar-refractivity contribution < 1.29 is 14.0 Å². The van der Waals surface area contributed by atoms with E-state index in [-0.39, 0.29) is 0 Å². The summed E-state index contributed by atoms with van der Waals surface area (Å²) in [6.45, 7) is 4.39. The zero-order valence-electron chi connectivity index (χ0n) is 17.7. The van der Waals surface area contributed by atoms with E-state index < -0.39 is 17.6 Å². The first kappa shape index (κ1) is 20.5. The van der Waals surface area contributed by atoms with E-state index in [0.29, 0.717) is 23.5 Å². The number of hydrogen-bond donors (Lipinski definition) is 0. The van der Waals surface area contributed by atoms with Crippen LogP contribution in [-0.2, 0) is 16.1 Å². The minimum Gasteiger partial charge on any atom is -0.365 e. The van der Waals surface area contributed by atoms with Crippen LogP contribution in [0.2, 0.25) is 0 Å². The molecule has 31 heavy (non-hydrogen) atoms. The fourth-order valence-electron chi connectivity index (χ4n) is 3.97. The Kier molecular flexibility index (Phi) is 5.42. The second-order valence-corrected chi connectivity index (χ2v) is 7.81. The topological polar surface area (TPSA) is 40.6 Å². The number of carbonyl (C=O) groups is 2. The molecule has 0 saturated heterocycles. The molecule has 0 aliphatic carbocycles. The third-order valence-corrected chi connectivity index (χ3v) is 5.44. The van der Waals surface area contributed by atoms with E-state index in [9.17, 15) is 14.0 Å². The van der Waals surface area contributed by atoms with Crippen molar-refractivity contribution in [2.24, 2.45) is 0 Å². The number of anilines is 1. The molecular formula is C26H23FN2O2. The Morgan fingerprint density at radius 2 is 1.55 bits per heavy atom. The maximum absolute atomic E-state index is 13.5. The first-order chi connectivity index (χ1) is 14.9. The number of carbonyl (C=O) groups excluding carboxylic acids is 2. The molecule has 2 amide bonds. The number of likely N-dealkylation sites (N-methyl/N-ethyl adjacent to an activating group) is 1. The second-order valence-electron chi connectivity index (χ2n) is 7.81. The zero-order valence-corrected chi connectivity index (χ0v) is 17.7. The van der Waals surface area contributed by atoms with E-state index in [0.717, 1.165) is 27.2 Å². The van der Waals surface area contributed by atoms with Gasteiger partial charge in [0, 0.05) is 13.6 Å². The van der Waals surface area contributed by atoms with Gasteiger partial charge in [0.1, 0.15) is 11.5 Å². The Morgan fingerprint density at radius 1 is 0.871 bits per heavy atom. The highest BCUT2D eigenvalue weighted by Crippen LogP contribution is 2.36. The van der Waals surface area contributed by atoms with Crippen molar-refractivity contribution in [3.63, 3.8) is 0 Å². The summed E-state index contributed by atoms with van der Waals surface area (Å²) in [7, 11) is 1.81. The molecule has 0 bridgehead atoms. The van der Waals surface area contributed by atoms with Gasteiger partial charge in [-0.15, -0.1) is 0 Å². The molecule has 0 fully saturated rings. The van der Waals surface area contributed by atoms with Crippen LogP contribution in [0.5, 0.6) is 0 Å². The Balaban J connectivity index is 1.83. The SMILES string of the molecule is Cc1ccc(C2=C(N(C)Cc3ccccc3)C(=O)N(c3ccc(F)cc3)C2=O)c(C)c1. The summed E-state index contributed by atoms with van der Waals surface area (Å²) in [5.74, 6) is -1.24. The molecule has 0 spiro atoms. The van der Waals surface area contributed by atoms with Crippen LogP contribution in [0, 0.1) is 19.7 Å². The molecule has 0 N–H and O–H groups in total. The molecule has 1 heterocycles. The van der Waals surface area contributed by atoms with Crippen LogP contribution in [0.25, 0.3) is 5.57 Å². The normalized spacial score (nSPS) is 13.9. The van der Waals surface area contributed by atoms with Crippen molar-refractivity contribution >= 4 is 23.1 Å². The highest BCUT2D eigenvalue weighted by Gasteiger charge is 2.42. The van der Waals surface area contributed by atoms with Crippen molar-refractivity contribution in [3.05, 3.63) is 107 Å². The second kappa shape index (κ2) is 8.19. The summed E-state index contributed by atoms with van der Waals surface area (Å²) in [6.07, 6.45) is 0. The van der Waals surface area contributed by atoms with Gasteiger partial charge in [0.2, 0.25) is 0 Å². The Morgan fingerprint density at radius 3 is 2.19 bits per heavy atom. The molecule has 0 saturated carbocycles. The maximum Gasteiger partial charge on any atom is 0.282 e. The molecular weight excluding hydrogens is 391 g/mol. The summed E-state index contributed by atoms with van der Waals surface area (Å²) in [5.41, 5.74) is 4.80. The summed E-state index contributed by atoms with van der Waals surface area (Å²) >= 11 is 0. The fourth-order valence-corrected chi connectivity index (χ4v) is 3.97. The monoisotopic (exact) mass is 414 g/mol. The molecule has 4 nitrogen and oxygen atoms in total. The minimum atomic E-state index is -0.424. The lowest BCUT2D eigenvalue weighted by Gasteiger charge is -2.22. The van der Waals surface area contributed by atoms with Crippen molar-refractivity contribution in [1.29, 1.82) is 0 Å². The predicted octanol–water partition coefficient (Wildman–Crippen LogP) is 4.86. The molecule has 0 unspecified atom stereocenters. The van der Waals surface area contributed by atoms with Crippen molar-refractivity contribution in [2.75, 3.05) is 11.9 Å². The Bertz CT molecular complexity index is 1180. The molecule has 156 valence electrons. The summed E-state index contributed by atoms with van der Waals surface area (Å²) < 4.78 is 13.4. The third kappa shape index (κ3) is 3.87. The Labute approximate surface area is 181 Å². The van der Waals surface area contributed by atoms with Crippen LogP contribution in [0.15, 0.2) is 78.5 Å². The largest absolute Gasteiger partial charge is 0.365 e. The number of amides is 2. The molecule has 3 aromatic carbocycles. The molecule has 4 rings (SSSR count). The summed E-state index contributed by atoms with van der Waals surface area (Å²) in [4.78, 5) is 30.0. The summed E-state index contributed by atoms with van der Waals surface area (Å²) in [5, 5.41) is 0. The highest BCUT2D eigenvalue weighted by atomic mass is 19.1. The molecule has 0 atom stereocenters. The van der Waals surface area contributed by atoms with Crippen molar-refractivity contribution in [3.8, 4) is 0 Å². The Hall–Kier alpha value is -3.73. The molecule has 5 heteroatoms. The smallest absolute Gasteiger partial charge is 0.282 e. The summed E-state index contributed by atoms with van der Waals surface area (Å²) in [6, 6.07) is 21.0. The van der Waals surface area contributed by atoms with Crippen LogP contribution in [-0.4, -0.2) is 23.8 Å². The van der Waals surface area contributed by atoms with Gasteiger partial charge < -0.3 is 4.90 Å². The van der Waals surface area contributed by atoms with Crippen molar-refractivity contribution in [1.82, 2.24) is 4.90 Å². The standard InChI is InChI=1S/C26H23FN2O2/c1-17-9-14-22(18(2)15-17)23-24(28(3)16-19-7-5-4-6-8-19)26(31)29(25(23)30)21-12-10-20(27)11-13-21/h4-15H,16H2,1-3H3. The lowest BCUT2D eigenvalue weighted by atomic mass is 9.97. The van der Waals surface area contributed by atoms with Crippen LogP contribution in [0.3, 0.4) is 0 Å². The number of rotatable bonds is 5. The van der Waals surface area contributed by atoms with Gasteiger partial charge in [-0.05, 0) is 54.8 Å². The van der Waals surface area contributed by atoms with Crippen LogP contribution in [0.4, 0.5) is 10.1 Å².